The second-order valence-corrected chi connectivity index (χ2v) is 4.73. The molecule has 0 aliphatic rings. The summed E-state index contributed by atoms with van der Waals surface area (Å²) in [4.78, 5) is 19.5. The Balaban J connectivity index is 2.51. The number of carboxylic acid groups (broad SMARTS) is 1. The van der Waals surface area contributed by atoms with Gasteiger partial charge in [0.2, 0.25) is 0 Å². The number of hydrogen-bond acceptors (Lipinski definition) is 4. The van der Waals surface area contributed by atoms with Crippen LogP contribution in [0.4, 0.5) is 0 Å². The molecule has 0 aromatic heterocycles. The second kappa shape index (κ2) is 5.82. The first-order valence-electron chi connectivity index (χ1n) is 4.84. The highest BCUT2D eigenvalue weighted by Gasteiger charge is 2.23. The third-order valence-electron chi connectivity index (χ3n) is 1.81. The van der Waals surface area contributed by atoms with Crippen molar-refractivity contribution in [1.82, 2.24) is 0 Å². The second-order valence-electron chi connectivity index (χ2n) is 3.35. The molecule has 0 radical (unpaired) electrons. The summed E-state index contributed by atoms with van der Waals surface area (Å²) in [5.41, 5.74) is 0.983. The third-order valence-corrected chi connectivity index (χ3v) is 2.76. The number of aryl methyl sites for hydroxylation is 1. The van der Waals surface area contributed by atoms with Gasteiger partial charge in [-0.2, -0.15) is 0 Å². The zero-order chi connectivity index (χ0) is 12.9. The van der Waals surface area contributed by atoms with Crippen LogP contribution in [0, 0.1) is 6.92 Å². The van der Waals surface area contributed by atoms with Crippen molar-refractivity contribution in [3.63, 3.8) is 0 Å². The fourth-order valence-corrected chi connectivity index (χ4v) is 1.77. The number of aliphatic carboxylic acids is 1. The lowest BCUT2D eigenvalue weighted by molar-refractivity contribution is -0.137. The van der Waals surface area contributed by atoms with E-state index in [9.17, 15) is 14.3 Å². The van der Waals surface area contributed by atoms with Crippen LogP contribution >= 0.6 is 7.82 Å². The summed E-state index contributed by atoms with van der Waals surface area (Å²) in [6.07, 6.45) is -0.359. The van der Waals surface area contributed by atoms with E-state index in [2.05, 4.69) is 4.52 Å². The van der Waals surface area contributed by atoms with E-state index in [0.717, 1.165) is 5.56 Å². The molecule has 6 nitrogen and oxygen atoms in total. The van der Waals surface area contributed by atoms with E-state index in [1.807, 2.05) is 6.92 Å². The summed E-state index contributed by atoms with van der Waals surface area (Å²) in [5, 5.41) is 8.34. The normalized spacial score (nSPS) is 14.0. The minimum absolute atomic E-state index is 0.191. The largest absolute Gasteiger partial charge is 0.527 e. The van der Waals surface area contributed by atoms with Gasteiger partial charge in [-0.25, -0.2) is 4.57 Å². The monoisotopic (exact) mass is 260 g/mol. The zero-order valence-electron chi connectivity index (χ0n) is 9.20. The molecule has 17 heavy (non-hydrogen) atoms. The average Bonchev–Trinajstić information content (AvgIpc) is 2.20. The van der Waals surface area contributed by atoms with E-state index in [4.69, 9.17) is 9.63 Å². The third kappa shape index (κ3) is 5.49. The van der Waals surface area contributed by atoms with Crippen LogP contribution in [-0.4, -0.2) is 22.6 Å². The van der Waals surface area contributed by atoms with Crippen LogP contribution in [-0.2, 0) is 13.9 Å². The highest BCUT2D eigenvalue weighted by atomic mass is 31.2. The van der Waals surface area contributed by atoms with Crippen LogP contribution in [0.3, 0.4) is 0 Å². The molecular weight excluding hydrogens is 247 g/mol. The number of phosphoric acid groups is 1. The van der Waals surface area contributed by atoms with E-state index in [0.29, 0.717) is 0 Å². The predicted octanol–water partition coefficient (Wildman–Crippen LogP) is 1.97. The van der Waals surface area contributed by atoms with E-state index in [1.54, 1.807) is 12.1 Å². The molecule has 0 amide bonds. The number of carboxylic acids is 1. The zero-order valence-corrected chi connectivity index (χ0v) is 10.1. The Morgan fingerprint density at radius 3 is 2.47 bits per heavy atom. The minimum atomic E-state index is -4.25. The Bertz CT molecular complexity index is 427. The van der Waals surface area contributed by atoms with Crippen molar-refractivity contribution in [2.24, 2.45) is 0 Å². The van der Waals surface area contributed by atoms with Crippen LogP contribution in [0.2, 0.25) is 0 Å². The molecule has 94 valence electrons. The predicted molar refractivity (Wildman–Crippen MR) is 59.8 cm³/mol. The van der Waals surface area contributed by atoms with Crippen molar-refractivity contribution in [3.8, 4) is 5.75 Å². The van der Waals surface area contributed by atoms with E-state index in [-0.39, 0.29) is 18.8 Å². The molecule has 1 unspecified atom stereocenters. The summed E-state index contributed by atoms with van der Waals surface area (Å²) in [5.74, 6) is -0.919. The van der Waals surface area contributed by atoms with E-state index >= 15 is 0 Å². The molecule has 0 aliphatic heterocycles. The number of carbonyl (C=O) groups is 1. The summed E-state index contributed by atoms with van der Waals surface area (Å²) in [6, 6.07) is 6.48. The maximum Gasteiger partial charge on any atom is 0.527 e. The Kier molecular flexibility index (Phi) is 4.69. The minimum Gasteiger partial charge on any atom is -0.481 e. The molecule has 7 heteroatoms. The van der Waals surface area contributed by atoms with Crippen molar-refractivity contribution in [1.29, 1.82) is 0 Å². The molecule has 2 N–H and O–H groups in total. The van der Waals surface area contributed by atoms with Crippen molar-refractivity contribution in [2.75, 3.05) is 6.61 Å². The van der Waals surface area contributed by atoms with Gasteiger partial charge in [0.25, 0.3) is 0 Å². The Labute approximate surface area is 98.4 Å². The van der Waals surface area contributed by atoms with E-state index < -0.39 is 13.8 Å². The SMILES string of the molecule is Cc1ccc(OP(=O)(O)OCCC(=O)O)cc1. The topological polar surface area (TPSA) is 93.1 Å². The van der Waals surface area contributed by atoms with Gasteiger partial charge in [0.05, 0.1) is 13.0 Å². The summed E-state index contributed by atoms with van der Waals surface area (Å²) >= 11 is 0. The lowest BCUT2D eigenvalue weighted by Gasteiger charge is -2.12. The van der Waals surface area contributed by atoms with Gasteiger partial charge in [-0.1, -0.05) is 17.7 Å². The van der Waals surface area contributed by atoms with Gasteiger partial charge in [0, 0.05) is 0 Å². The van der Waals surface area contributed by atoms with Crippen molar-refractivity contribution < 1.29 is 28.4 Å². The molecule has 0 fully saturated rings. The van der Waals surface area contributed by atoms with Crippen LogP contribution in [0.1, 0.15) is 12.0 Å². The fourth-order valence-electron chi connectivity index (χ4n) is 1.01. The van der Waals surface area contributed by atoms with Crippen LogP contribution in [0.25, 0.3) is 0 Å². The first kappa shape index (κ1) is 13.7. The first-order chi connectivity index (χ1) is 7.89. The first-order valence-corrected chi connectivity index (χ1v) is 6.34. The number of benzene rings is 1. The highest BCUT2D eigenvalue weighted by Crippen LogP contribution is 2.43. The highest BCUT2D eigenvalue weighted by molar-refractivity contribution is 7.47. The van der Waals surface area contributed by atoms with E-state index in [1.165, 1.54) is 12.1 Å². The van der Waals surface area contributed by atoms with Crippen molar-refractivity contribution >= 4 is 13.8 Å². The van der Waals surface area contributed by atoms with Gasteiger partial charge < -0.3 is 9.63 Å². The summed E-state index contributed by atoms with van der Waals surface area (Å²) in [7, 11) is -4.25. The molecular formula is C10H13O6P. The number of hydrogen-bond donors (Lipinski definition) is 2. The average molecular weight is 260 g/mol. The van der Waals surface area contributed by atoms with Crippen LogP contribution in [0.15, 0.2) is 24.3 Å². The molecule has 0 heterocycles. The number of phosphoric ester groups is 1. The maximum atomic E-state index is 11.4. The molecule has 1 atom stereocenters. The van der Waals surface area contributed by atoms with Gasteiger partial charge in [-0.05, 0) is 19.1 Å². The quantitative estimate of drug-likeness (QED) is 0.759. The molecule has 1 aromatic carbocycles. The molecule has 0 saturated carbocycles. The Morgan fingerprint density at radius 2 is 1.94 bits per heavy atom. The molecule has 0 saturated heterocycles. The van der Waals surface area contributed by atoms with Gasteiger partial charge >= 0.3 is 13.8 Å². The van der Waals surface area contributed by atoms with Crippen molar-refractivity contribution in [3.05, 3.63) is 29.8 Å². The van der Waals surface area contributed by atoms with Gasteiger partial charge in [0.1, 0.15) is 5.75 Å². The molecule has 1 aromatic rings. The molecule has 0 bridgehead atoms. The standard InChI is InChI=1S/C10H13O6P/c1-8-2-4-9(5-3-8)16-17(13,14)15-7-6-10(11)12/h2-5H,6-7H2,1H3,(H,11,12)(H,13,14). The van der Waals surface area contributed by atoms with Crippen LogP contribution in [0.5, 0.6) is 5.75 Å². The van der Waals surface area contributed by atoms with Crippen molar-refractivity contribution in [2.45, 2.75) is 13.3 Å². The number of rotatable bonds is 6. The molecule has 0 aliphatic carbocycles. The summed E-state index contributed by atoms with van der Waals surface area (Å²) < 4.78 is 20.6. The summed E-state index contributed by atoms with van der Waals surface area (Å²) in [6.45, 7) is 1.49. The van der Waals surface area contributed by atoms with Crippen LogP contribution < -0.4 is 4.52 Å². The molecule has 1 rings (SSSR count). The van der Waals surface area contributed by atoms with Gasteiger partial charge in [-0.15, -0.1) is 0 Å². The molecule has 0 spiro atoms. The Hall–Kier alpha value is -1.36. The maximum absolute atomic E-state index is 11.4. The lowest BCUT2D eigenvalue weighted by atomic mass is 10.2. The lowest BCUT2D eigenvalue weighted by Crippen LogP contribution is -2.04. The fraction of sp³-hybridized carbons (Fsp3) is 0.300. The smallest absolute Gasteiger partial charge is 0.481 e. The van der Waals surface area contributed by atoms with Gasteiger partial charge in [0.15, 0.2) is 0 Å². The Morgan fingerprint density at radius 1 is 1.35 bits per heavy atom. The van der Waals surface area contributed by atoms with Gasteiger partial charge in [-0.3, -0.25) is 14.2 Å².